The maximum absolute atomic E-state index is 2.47. The Morgan fingerprint density at radius 2 is 0.345 bits per heavy atom. The van der Waals surface area contributed by atoms with Crippen LogP contribution in [0.2, 0.25) is 0 Å². The Balaban J connectivity index is 0.000000542. The summed E-state index contributed by atoms with van der Waals surface area (Å²) in [5.74, 6) is 6.91. The molecule has 1 fully saturated rings. The van der Waals surface area contributed by atoms with E-state index in [1.165, 1.54) is 33.4 Å². The lowest BCUT2D eigenvalue weighted by Gasteiger charge is -2.45. The van der Waals surface area contributed by atoms with E-state index in [4.69, 9.17) is 0 Å². The first-order valence-electron chi connectivity index (χ1n) is 11.8. The van der Waals surface area contributed by atoms with Gasteiger partial charge >= 0.3 is 0 Å². The molecule has 170 valence electrons. The van der Waals surface area contributed by atoms with Crippen LogP contribution in [0.1, 0.15) is 96.2 Å². The third-order valence-corrected chi connectivity index (χ3v) is 10.0. The zero-order chi connectivity index (χ0) is 22.1. The molecule has 1 aromatic rings. The van der Waals surface area contributed by atoms with Gasteiger partial charge in [-0.1, -0.05) is 62.8 Å². The van der Waals surface area contributed by atoms with Gasteiger partial charge in [0.25, 0.3) is 0 Å². The Kier molecular flexibility index (Phi) is 10.7. The van der Waals surface area contributed by atoms with Crippen LogP contribution in [0, 0.1) is 88.9 Å². The van der Waals surface area contributed by atoms with Crippen molar-refractivity contribution in [3.05, 3.63) is 33.4 Å². The molecule has 0 saturated heterocycles. The second-order valence-corrected chi connectivity index (χ2v) is 10.6. The van der Waals surface area contributed by atoms with Gasteiger partial charge in [0.2, 0.25) is 0 Å². The van der Waals surface area contributed by atoms with Crippen molar-refractivity contribution in [1.82, 2.24) is 0 Å². The van der Waals surface area contributed by atoms with Gasteiger partial charge in [0.15, 0.2) is 0 Å². The van der Waals surface area contributed by atoms with Crippen molar-refractivity contribution < 1.29 is 0 Å². The Bertz CT molecular complexity index is 459. The summed E-state index contributed by atoms with van der Waals surface area (Å²) in [5, 5.41) is 0. The maximum atomic E-state index is 2.47. The van der Waals surface area contributed by atoms with Gasteiger partial charge in [-0.3, -0.25) is 0 Å². The highest BCUT2D eigenvalue weighted by Crippen LogP contribution is 2.45. The number of hydrogen-bond donors (Lipinski definition) is 0. The Hall–Kier alpha value is -0.780. The number of rotatable bonds is 0. The Labute approximate surface area is 185 Å². The van der Waals surface area contributed by atoms with E-state index in [1.54, 1.807) is 0 Å². The fraction of sp³-hybridized carbons (Fsp3) is 0.793. The summed E-state index contributed by atoms with van der Waals surface area (Å²) >= 11 is 0. The van der Waals surface area contributed by atoms with Crippen LogP contribution < -0.4 is 0 Å². The van der Waals surface area contributed by atoms with Gasteiger partial charge in [-0.05, 0) is 122 Å². The second-order valence-electron chi connectivity index (χ2n) is 10.6. The Morgan fingerprint density at radius 1 is 0.276 bits per heavy atom. The van der Waals surface area contributed by atoms with E-state index >= 15 is 0 Å². The smallest absolute Gasteiger partial charge is 0.0386 e. The van der Waals surface area contributed by atoms with Crippen LogP contribution in [-0.4, -0.2) is 0 Å². The van der Waals surface area contributed by atoms with E-state index in [-0.39, 0.29) is 7.43 Å². The highest BCUT2D eigenvalue weighted by Gasteiger charge is 2.38. The van der Waals surface area contributed by atoms with E-state index < -0.39 is 0 Å². The molecule has 1 aromatic carbocycles. The molecule has 0 bridgehead atoms. The highest BCUT2D eigenvalue weighted by molar-refractivity contribution is 5.48. The molecule has 0 unspecified atom stereocenters. The summed E-state index contributed by atoms with van der Waals surface area (Å²) in [5.41, 5.74) is 8.73. The van der Waals surface area contributed by atoms with Gasteiger partial charge in [0.05, 0.1) is 0 Å². The number of hydrogen-bond acceptors (Lipinski definition) is 0. The van der Waals surface area contributed by atoms with Crippen LogP contribution in [0.25, 0.3) is 0 Å². The SMILES string of the molecule is C.CC1C(C)C(C)C(C)C(C)C(C)C(C)C1C.Cc1c(C)c(C)c(C)c(C)c1C. The molecule has 0 radical (unpaired) electrons. The summed E-state index contributed by atoms with van der Waals surface area (Å²) in [4.78, 5) is 0. The minimum absolute atomic E-state index is 0. The molecular formula is C29H54. The summed E-state index contributed by atoms with van der Waals surface area (Å²) in [6.07, 6.45) is 0. The van der Waals surface area contributed by atoms with E-state index in [2.05, 4.69) is 96.9 Å². The second kappa shape index (κ2) is 11.0. The van der Waals surface area contributed by atoms with Crippen LogP contribution in [-0.2, 0) is 0 Å². The average Bonchev–Trinajstić information content (AvgIpc) is 2.70. The van der Waals surface area contributed by atoms with Gasteiger partial charge in [-0.25, -0.2) is 0 Å². The van der Waals surface area contributed by atoms with Crippen molar-refractivity contribution >= 4 is 0 Å². The van der Waals surface area contributed by atoms with Crippen molar-refractivity contribution in [3.63, 3.8) is 0 Å². The lowest BCUT2D eigenvalue weighted by molar-refractivity contribution is 0.0302. The van der Waals surface area contributed by atoms with Crippen molar-refractivity contribution in [3.8, 4) is 0 Å². The standard InChI is InChI=1S/C16H32.C12H18.CH4/c1-9-10(2)12(4)14(6)16(8)15(7)13(5)11(9)3;1-7-8(2)10(4)12(6)11(5)9(7)3;/h9-16H,1-8H3;1-6H3;1H4. The maximum Gasteiger partial charge on any atom is -0.0386 e. The summed E-state index contributed by atoms with van der Waals surface area (Å²) in [6, 6.07) is 0. The van der Waals surface area contributed by atoms with Crippen LogP contribution in [0.15, 0.2) is 0 Å². The quantitative estimate of drug-likeness (QED) is 0.405. The molecule has 0 N–H and O–H groups in total. The zero-order valence-corrected chi connectivity index (χ0v) is 21.6. The fourth-order valence-corrected chi connectivity index (χ4v) is 5.52. The van der Waals surface area contributed by atoms with Crippen molar-refractivity contribution in [2.45, 2.75) is 104 Å². The van der Waals surface area contributed by atoms with Crippen LogP contribution >= 0.6 is 0 Å². The fourth-order valence-electron chi connectivity index (χ4n) is 5.52. The monoisotopic (exact) mass is 402 g/mol. The molecule has 1 saturated carbocycles. The van der Waals surface area contributed by atoms with E-state index in [0.717, 1.165) is 47.3 Å². The first kappa shape index (κ1) is 28.2. The number of benzene rings is 1. The molecule has 29 heavy (non-hydrogen) atoms. The first-order valence-corrected chi connectivity index (χ1v) is 11.8. The van der Waals surface area contributed by atoms with E-state index in [9.17, 15) is 0 Å². The highest BCUT2D eigenvalue weighted by atomic mass is 14.4. The van der Waals surface area contributed by atoms with Gasteiger partial charge in [-0.15, -0.1) is 0 Å². The minimum Gasteiger partial charge on any atom is -0.0776 e. The third kappa shape index (κ3) is 5.68. The Morgan fingerprint density at radius 3 is 0.414 bits per heavy atom. The molecule has 2 rings (SSSR count). The van der Waals surface area contributed by atoms with E-state index in [0.29, 0.717) is 0 Å². The molecule has 1 aliphatic carbocycles. The van der Waals surface area contributed by atoms with Crippen molar-refractivity contribution in [2.24, 2.45) is 47.3 Å². The molecule has 0 amide bonds. The third-order valence-electron chi connectivity index (χ3n) is 10.0. The topological polar surface area (TPSA) is 0 Å². The predicted molar refractivity (Wildman–Crippen MR) is 135 cm³/mol. The molecule has 0 atom stereocenters. The molecule has 0 heteroatoms. The lowest BCUT2D eigenvalue weighted by atomic mass is 9.60. The van der Waals surface area contributed by atoms with Crippen LogP contribution in [0.3, 0.4) is 0 Å². The van der Waals surface area contributed by atoms with Crippen molar-refractivity contribution in [2.75, 3.05) is 0 Å². The molecule has 0 aliphatic heterocycles. The summed E-state index contributed by atoms with van der Waals surface area (Å²) in [7, 11) is 0. The average molecular weight is 403 g/mol. The predicted octanol–water partition coefficient (Wildman–Crippen LogP) is 9.26. The molecule has 0 heterocycles. The van der Waals surface area contributed by atoms with Gasteiger partial charge in [0.1, 0.15) is 0 Å². The van der Waals surface area contributed by atoms with Crippen LogP contribution in [0.5, 0.6) is 0 Å². The molecule has 0 spiro atoms. The van der Waals surface area contributed by atoms with Gasteiger partial charge < -0.3 is 0 Å². The van der Waals surface area contributed by atoms with E-state index in [1.807, 2.05) is 0 Å². The molecular weight excluding hydrogens is 348 g/mol. The lowest BCUT2D eigenvalue weighted by Crippen LogP contribution is -2.39. The molecule has 0 nitrogen and oxygen atoms in total. The van der Waals surface area contributed by atoms with Gasteiger partial charge in [-0.2, -0.15) is 0 Å². The minimum atomic E-state index is 0. The summed E-state index contributed by atoms with van der Waals surface area (Å²) in [6.45, 7) is 33.0. The summed E-state index contributed by atoms with van der Waals surface area (Å²) < 4.78 is 0. The van der Waals surface area contributed by atoms with Crippen molar-refractivity contribution in [1.29, 1.82) is 0 Å². The normalized spacial score (nSPS) is 35.0. The molecule has 0 aromatic heterocycles. The zero-order valence-electron chi connectivity index (χ0n) is 21.6. The van der Waals surface area contributed by atoms with Gasteiger partial charge in [0, 0.05) is 0 Å². The van der Waals surface area contributed by atoms with Crippen LogP contribution in [0.4, 0.5) is 0 Å². The first-order chi connectivity index (χ1) is 12.7. The molecule has 1 aliphatic rings. The largest absolute Gasteiger partial charge is 0.0776 e.